The molecule has 7 nitrogen and oxygen atoms in total. The average molecular weight is 241 g/mol. The Morgan fingerprint density at radius 1 is 1.53 bits per heavy atom. The van der Waals surface area contributed by atoms with Crippen molar-refractivity contribution in [1.29, 1.82) is 5.26 Å². The second-order valence-corrected chi connectivity index (χ2v) is 3.87. The molecular formula is C10H15N3O4. The quantitative estimate of drug-likeness (QED) is 0.581. The monoisotopic (exact) mass is 241 g/mol. The largest absolute Gasteiger partial charge is 0.479 e. The summed E-state index contributed by atoms with van der Waals surface area (Å²) in [7, 11) is 0. The van der Waals surface area contributed by atoms with E-state index in [-0.39, 0.29) is 19.0 Å². The average Bonchev–Trinajstić information content (AvgIpc) is 3.10. The number of amides is 2. The van der Waals surface area contributed by atoms with Gasteiger partial charge in [0.15, 0.2) is 6.10 Å². The third-order valence-corrected chi connectivity index (χ3v) is 2.44. The Bertz CT molecular complexity index is 335. The van der Waals surface area contributed by atoms with Crippen LogP contribution in [0.3, 0.4) is 0 Å². The summed E-state index contributed by atoms with van der Waals surface area (Å²) >= 11 is 0. The molecule has 3 N–H and O–H groups in total. The van der Waals surface area contributed by atoms with Gasteiger partial charge in [-0.25, -0.2) is 9.59 Å². The van der Waals surface area contributed by atoms with Crippen LogP contribution in [-0.4, -0.2) is 52.3 Å². The Morgan fingerprint density at radius 2 is 2.18 bits per heavy atom. The molecule has 1 fully saturated rings. The zero-order valence-electron chi connectivity index (χ0n) is 9.30. The van der Waals surface area contributed by atoms with Crippen molar-refractivity contribution in [1.82, 2.24) is 10.2 Å². The molecule has 1 rings (SSSR count). The van der Waals surface area contributed by atoms with Crippen molar-refractivity contribution in [2.45, 2.75) is 31.4 Å². The van der Waals surface area contributed by atoms with Gasteiger partial charge in [0.25, 0.3) is 0 Å². The maximum atomic E-state index is 11.7. The molecule has 0 bridgehead atoms. The van der Waals surface area contributed by atoms with Crippen LogP contribution in [0.5, 0.6) is 0 Å². The lowest BCUT2D eigenvalue weighted by molar-refractivity contribution is -0.146. The number of hydrogen-bond donors (Lipinski definition) is 3. The van der Waals surface area contributed by atoms with Crippen molar-refractivity contribution in [2.24, 2.45) is 0 Å². The second-order valence-electron chi connectivity index (χ2n) is 3.87. The third kappa shape index (κ3) is 4.28. The normalized spacial score (nSPS) is 15.8. The van der Waals surface area contributed by atoms with Crippen molar-refractivity contribution in [3.05, 3.63) is 0 Å². The van der Waals surface area contributed by atoms with Crippen LogP contribution in [-0.2, 0) is 4.79 Å². The molecule has 94 valence electrons. The van der Waals surface area contributed by atoms with Crippen LogP contribution in [0.15, 0.2) is 0 Å². The predicted molar refractivity (Wildman–Crippen MR) is 57.0 cm³/mol. The first-order valence-electron chi connectivity index (χ1n) is 5.38. The Morgan fingerprint density at radius 3 is 2.65 bits per heavy atom. The first-order chi connectivity index (χ1) is 8.06. The molecule has 0 saturated heterocycles. The highest BCUT2D eigenvalue weighted by molar-refractivity contribution is 5.77. The number of aliphatic carboxylic acids is 1. The Balaban J connectivity index is 2.37. The van der Waals surface area contributed by atoms with Crippen LogP contribution in [0.2, 0.25) is 0 Å². The maximum Gasteiger partial charge on any atom is 0.334 e. The maximum absolute atomic E-state index is 11.7. The number of aliphatic hydroxyl groups is 1. The number of carbonyl (C=O) groups is 2. The lowest BCUT2D eigenvalue weighted by Gasteiger charge is -2.22. The molecule has 1 aliphatic carbocycles. The number of carboxylic acid groups (broad SMARTS) is 1. The predicted octanol–water partition coefficient (Wildman–Crippen LogP) is -0.480. The molecule has 1 atom stereocenters. The van der Waals surface area contributed by atoms with Gasteiger partial charge in [-0.3, -0.25) is 0 Å². The number of carbonyl (C=O) groups excluding carboxylic acids is 1. The number of urea groups is 1. The van der Waals surface area contributed by atoms with Crippen molar-refractivity contribution in [3.63, 3.8) is 0 Å². The van der Waals surface area contributed by atoms with Gasteiger partial charge in [-0.2, -0.15) is 5.26 Å². The van der Waals surface area contributed by atoms with E-state index in [4.69, 9.17) is 15.5 Å². The fourth-order valence-corrected chi connectivity index (χ4v) is 1.38. The molecule has 17 heavy (non-hydrogen) atoms. The molecule has 0 aliphatic heterocycles. The molecule has 0 spiro atoms. The van der Waals surface area contributed by atoms with E-state index < -0.39 is 18.1 Å². The van der Waals surface area contributed by atoms with E-state index in [9.17, 15) is 9.59 Å². The van der Waals surface area contributed by atoms with E-state index in [0.29, 0.717) is 6.54 Å². The van der Waals surface area contributed by atoms with Crippen LogP contribution in [0.4, 0.5) is 4.79 Å². The number of aliphatic hydroxyl groups excluding tert-OH is 1. The molecule has 0 aromatic rings. The van der Waals surface area contributed by atoms with E-state index in [0.717, 1.165) is 12.8 Å². The summed E-state index contributed by atoms with van der Waals surface area (Å²) < 4.78 is 0. The Kier molecular flexibility index (Phi) is 4.72. The van der Waals surface area contributed by atoms with Gasteiger partial charge < -0.3 is 20.4 Å². The summed E-state index contributed by atoms with van der Waals surface area (Å²) in [6.07, 6.45) is 0.447. The van der Waals surface area contributed by atoms with Gasteiger partial charge in [0, 0.05) is 12.6 Å². The number of carboxylic acids is 1. The minimum absolute atomic E-state index is 0.144. The van der Waals surface area contributed by atoms with Crippen LogP contribution < -0.4 is 5.32 Å². The summed E-state index contributed by atoms with van der Waals surface area (Å²) in [4.78, 5) is 23.5. The van der Waals surface area contributed by atoms with E-state index in [1.165, 1.54) is 4.90 Å². The first-order valence-corrected chi connectivity index (χ1v) is 5.38. The van der Waals surface area contributed by atoms with Crippen LogP contribution in [0.1, 0.15) is 19.3 Å². The summed E-state index contributed by atoms with van der Waals surface area (Å²) in [6.45, 7) is 0.000106. The molecule has 1 saturated carbocycles. The molecule has 1 aliphatic rings. The minimum atomic E-state index is -1.60. The summed E-state index contributed by atoms with van der Waals surface area (Å²) in [6, 6.07) is 1.67. The van der Waals surface area contributed by atoms with Crippen LogP contribution in [0.25, 0.3) is 0 Å². The molecular weight excluding hydrogens is 226 g/mol. The van der Waals surface area contributed by atoms with Crippen molar-refractivity contribution < 1.29 is 19.8 Å². The lowest BCUT2D eigenvalue weighted by Crippen LogP contribution is -2.45. The molecule has 0 aromatic heterocycles. The SMILES string of the molecule is N#CCCN(C(=O)NCC(O)C(=O)O)C1CC1. The van der Waals surface area contributed by atoms with Crippen molar-refractivity contribution in [2.75, 3.05) is 13.1 Å². The third-order valence-electron chi connectivity index (χ3n) is 2.44. The molecule has 0 radical (unpaired) electrons. The number of nitriles is 1. The van der Waals surface area contributed by atoms with Gasteiger partial charge in [-0.1, -0.05) is 0 Å². The highest BCUT2D eigenvalue weighted by Crippen LogP contribution is 2.26. The molecule has 7 heteroatoms. The second kappa shape index (κ2) is 6.06. The van der Waals surface area contributed by atoms with Gasteiger partial charge in [-0.15, -0.1) is 0 Å². The minimum Gasteiger partial charge on any atom is -0.479 e. The fourth-order valence-electron chi connectivity index (χ4n) is 1.38. The number of nitrogens with one attached hydrogen (secondary N) is 1. The van der Waals surface area contributed by atoms with Crippen LogP contribution >= 0.6 is 0 Å². The van der Waals surface area contributed by atoms with Crippen molar-refractivity contribution >= 4 is 12.0 Å². The molecule has 2 amide bonds. The smallest absolute Gasteiger partial charge is 0.334 e. The summed E-state index contributed by atoms with van der Waals surface area (Å²) in [5.74, 6) is -1.37. The first kappa shape index (κ1) is 13.3. The highest BCUT2D eigenvalue weighted by atomic mass is 16.4. The lowest BCUT2D eigenvalue weighted by atomic mass is 10.3. The van der Waals surface area contributed by atoms with Gasteiger partial charge in [0.1, 0.15) is 0 Å². The molecule has 1 unspecified atom stereocenters. The van der Waals surface area contributed by atoms with E-state index in [1.54, 1.807) is 0 Å². The fraction of sp³-hybridized carbons (Fsp3) is 0.700. The zero-order valence-corrected chi connectivity index (χ0v) is 9.30. The standard InChI is InChI=1S/C10H15N3O4/c11-4-1-5-13(7-2-3-7)10(17)12-6-8(14)9(15)16/h7-8,14H,1-3,5-6H2,(H,12,17)(H,15,16). The van der Waals surface area contributed by atoms with Gasteiger partial charge in [0.2, 0.25) is 0 Å². The van der Waals surface area contributed by atoms with Gasteiger partial charge in [-0.05, 0) is 12.8 Å². The van der Waals surface area contributed by atoms with Crippen molar-refractivity contribution in [3.8, 4) is 6.07 Å². The van der Waals surface area contributed by atoms with Gasteiger partial charge >= 0.3 is 12.0 Å². The Hall–Kier alpha value is -1.81. The number of rotatable bonds is 6. The highest BCUT2D eigenvalue weighted by Gasteiger charge is 2.32. The Labute approximate surface area is 98.6 Å². The summed E-state index contributed by atoms with van der Waals surface area (Å²) in [5, 5.41) is 28.2. The zero-order chi connectivity index (χ0) is 12.8. The number of nitrogens with zero attached hydrogens (tertiary/aromatic N) is 2. The van der Waals surface area contributed by atoms with E-state index in [2.05, 4.69) is 5.32 Å². The van der Waals surface area contributed by atoms with Crippen LogP contribution in [0, 0.1) is 11.3 Å². The number of hydrogen-bond acceptors (Lipinski definition) is 4. The topological polar surface area (TPSA) is 114 Å². The van der Waals surface area contributed by atoms with E-state index in [1.807, 2.05) is 6.07 Å². The van der Waals surface area contributed by atoms with E-state index >= 15 is 0 Å². The molecule has 0 aromatic carbocycles. The molecule has 0 heterocycles. The summed E-state index contributed by atoms with van der Waals surface area (Å²) in [5.41, 5.74) is 0. The van der Waals surface area contributed by atoms with Gasteiger partial charge in [0.05, 0.1) is 19.0 Å².